The quantitative estimate of drug-likeness (QED) is 0.800. The Morgan fingerprint density at radius 1 is 1.00 bits per heavy atom. The Morgan fingerprint density at radius 2 is 1.76 bits per heavy atom. The third-order valence-corrected chi connectivity index (χ3v) is 3.37. The van der Waals surface area contributed by atoms with Gasteiger partial charge in [0.2, 0.25) is 0 Å². The van der Waals surface area contributed by atoms with Crippen molar-refractivity contribution in [1.29, 1.82) is 0 Å². The van der Waals surface area contributed by atoms with Gasteiger partial charge < -0.3 is 14.8 Å². The van der Waals surface area contributed by atoms with Crippen LogP contribution in [0.5, 0.6) is 11.5 Å². The molecule has 21 heavy (non-hydrogen) atoms. The van der Waals surface area contributed by atoms with Crippen molar-refractivity contribution in [2.45, 2.75) is 19.4 Å². The van der Waals surface area contributed by atoms with E-state index in [0.29, 0.717) is 6.61 Å². The number of para-hydroxylation sites is 1. The normalized spacial score (nSPS) is 11.9. The molecule has 2 aromatic rings. The minimum atomic E-state index is 0.272. The predicted octanol–water partition coefficient (Wildman–Crippen LogP) is 3.81. The highest BCUT2D eigenvalue weighted by atomic mass is 16.5. The molecule has 0 aliphatic rings. The molecule has 1 N–H and O–H groups in total. The van der Waals surface area contributed by atoms with E-state index in [1.165, 1.54) is 5.56 Å². The third-order valence-electron chi connectivity index (χ3n) is 3.37. The monoisotopic (exact) mass is 285 g/mol. The highest BCUT2D eigenvalue weighted by Crippen LogP contribution is 2.22. The molecule has 1 unspecified atom stereocenters. The highest BCUT2D eigenvalue weighted by Gasteiger charge is 2.11. The predicted molar refractivity (Wildman–Crippen MR) is 86.0 cm³/mol. The molecule has 0 aromatic heterocycles. The summed E-state index contributed by atoms with van der Waals surface area (Å²) in [5.41, 5.74) is 1.23. The van der Waals surface area contributed by atoms with Gasteiger partial charge in [0, 0.05) is 12.5 Å². The Morgan fingerprint density at radius 3 is 2.48 bits per heavy atom. The van der Waals surface area contributed by atoms with Crippen molar-refractivity contribution in [1.82, 2.24) is 5.32 Å². The standard InChI is InChI=1S/C18H23NO2/c1-3-19-18(15-8-7-11-17(14-15)20-2)12-13-21-16-9-5-4-6-10-16/h4-11,14,18-19H,3,12-13H2,1-2H3. The molecule has 0 fully saturated rings. The molecule has 0 spiro atoms. The summed E-state index contributed by atoms with van der Waals surface area (Å²) in [7, 11) is 1.69. The Labute approximate surface area is 126 Å². The SMILES string of the molecule is CCNC(CCOc1ccccc1)c1cccc(OC)c1. The molecular formula is C18H23NO2. The smallest absolute Gasteiger partial charge is 0.119 e. The number of nitrogens with one attached hydrogen (secondary N) is 1. The van der Waals surface area contributed by atoms with Crippen molar-refractivity contribution in [3.05, 3.63) is 60.2 Å². The Hall–Kier alpha value is -2.00. The summed E-state index contributed by atoms with van der Waals surface area (Å²) in [6.45, 7) is 3.72. The van der Waals surface area contributed by atoms with Crippen LogP contribution < -0.4 is 14.8 Å². The van der Waals surface area contributed by atoms with E-state index in [0.717, 1.165) is 24.5 Å². The van der Waals surface area contributed by atoms with Crippen molar-refractivity contribution >= 4 is 0 Å². The molecule has 0 bridgehead atoms. The maximum atomic E-state index is 5.79. The molecule has 112 valence electrons. The lowest BCUT2D eigenvalue weighted by atomic mass is 10.0. The topological polar surface area (TPSA) is 30.5 Å². The first kappa shape index (κ1) is 15.4. The van der Waals surface area contributed by atoms with Crippen LogP contribution in [0, 0.1) is 0 Å². The van der Waals surface area contributed by atoms with Crippen LogP contribution in [0.1, 0.15) is 24.9 Å². The number of ether oxygens (including phenoxy) is 2. The molecule has 3 nitrogen and oxygen atoms in total. The summed E-state index contributed by atoms with van der Waals surface area (Å²) >= 11 is 0. The van der Waals surface area contributed by atoms with Gasteiger partial charge in [-0.2, -0.15) is 0 Å². The van der Waals surface area contributed by atoms with Gasteiger partial charge in [-0.1, -0.05) is 37.3 Å². The lowest BCUT2D eigenvalue weighted by molar-refractivity contribution is 0.287. The van der Waals surface area contributed by atoms with Gasteiger partial charge in [-0.3, -0.25) is 0 Å². The van der Waals surface area contributed by atoms with Crippen LogP contribution in [0.3, 0.4) is 0 Å². The van der Waals surface area contributed by atoms with Crippen molar-refractivity contribution in [2.75, 3.05) is 20.3 Å². The average molecular weight is 285 g/mol. The fourth-order valence-corrected chi connectivity index (χ4v) is 2.30. The van der Waals surface area contributed by atoms with Gasteiger partial charge in [0.1, 0.15) is 11.5 Å². The van der Waals surface area contributed by atoms with E-state index >= 15 is 0 Å². The van der Waals surface area contributed by atoms with E-state index in [1.807, 2.05) is 42.5 Å². The maximum Gasteiger partial charge on any atom is 0.119 e. The first-order chi connectivity index (χ1) is 10.3. The fraction of sp³-hybridized carbons (Fsp3) is 0.333. The number of rotatable bonds is 8. The van der Waals surface area contributed by atoms with Gasteiger partial charge in [-0.25, -0.2) is 0 Å². The van der Waals surface area contributed by atoms with Crippen molar-refractivity contribution in [3.63, 3.8) is 0 Å². The zero-order valence-corrected chi connectivity index (χ0v) is 12.7. The van der Waals surface area contributed by atoms with Crippen LogP contribution in [-0.4, -0.2) is 20.3 Å². The number of methoxy groups -OCH3 is 1. The minimum Gasteiger partial charge on any atom is -0.497 e. The highest BCUT2D eigenvalue weighted by molar-refractivity contribution is 5.30. The average Bonchev–Trinajstić information content (AvgIpc) is 2.55. The van der Waals surface area contributed by atoms with Crippen LogP contribution in [-0.2, 0) is 0 Å². The summed E-state index contributed by atoms with van der Waals surface area (Å²) < 4.78 is 11.1. The molecule has 2 rings (SSSR count). The van der Waals surface area contributed by atoms with Gasteiger partial charge in [0.25, 0.3) is 0 Å². The van der Waals surface area contributed by atoms with Crippen molar-refractivity contribution in [3.8, 4) is 11.5 Å². The number of hydrogen-bond donors (Lipinski definition) is 1. The van der Waals surface area contributed by atoms with E-state index in [-0.39, 0.29) is 6.04 Å². The van der Waals surface area contributed by atoms with Gasteiger partial charge in [0.15, 0.2) is 0 Å². The van der Waals surface area contributed by atoms with Gasteiger partial charge in [0.05, 0.1) is 13.7 Å². The Kier molecular flexibility index (Phi) is 6.10. The molecule has 0 saturated heterocycles. The van der Waals surface area contributed by atoms with Crippen LogP contribution >= 0.6 is 0 Å². The Balaban J connectivity index is 1.95. The van der Waals surface area contributed by atoms with E-state index in [1.54, 1.807) is 7.11 Å². The lowest BCUT2D eigenvalue weighted by Crippen LogP contribution is -2.23. The first-order valence-electron chi connectivity index (χ1n) is 7.38. The molecule has 2 aromatic carbocycles. The summed E-state index contributed by atoms with van der Waals surface area (Å²) in [5.74, 6) is 1.80. The largest absolute Gasteiger partial charge is 0.497 e. The fourth-order valence-electron chi connectivity index (χ4n) is 2.30. The lowest BCUT2D eigenvalue weighted by Gasteiger charge is -2.19. The zero-order chi connectivity index (χ0) is 14.9. The minimum absolute atomic E-state index is 0.272. The molecule has 0 heterocycles. The summed E-state index contributed by atoms with van der Waals surface area (Å²) in [6.07, 6.45) is 0.913. The van der Waals surface area contributed by atoms with Crippen molar-refractivity contribution in [2.24, 2.45) is 0 Å². The zero-order valence-electron chi connectivity index (χ0n) is 12.7. The Bertz CT molecular complexity index is 528. The van der Waals surface area contributed by atoms with E-state index in [2.05, 4.69) is 24.4 Å². The summed E-state index contributed by atoms with van der Waals surface area (Å²) in [5, 5.41) is 3.50. The molecule has 0 aliphatic carbocycles. The van der Waals surface area contributed by atoms with Crippen molar-refractivity contribution < 1.29 is 9.47 Å². The first-order valence-corrected chi connectivity index (χ1v) is 7.38. The maximum absolute atomic E-state index is 5.79. The second kappa shape index (κ2) is 8.32. The number of hydrogen-bond acceptors (Lipinski definition) is 3. The molecule has 0 radical (unpaired) electrons. The molecule has 3 heteroatoms. The molecule has 0 saturated carbocycles. The van der Waals surface area contributed by atoms with E-state index in [9.17, 15) is 0 Å². The van der Waals surface area contributed by atoms with E-state index in [4.69, 9.17) is 9.47 Å². The summed E-state index contributed by atoms with van der Waals surface area (Å²) in [6, 6.07) is 18.4. The van der Waals surface area contributed by atoms with Crippen LogP contribution in [0.25, 0.3) is 0 Å². The molecule has 1 atom stereocenters. The van der Waals surface area contributed by atoms with E-state index < -0.39 is 0 Å². The van der Waals surface area contributed by atoms with Gasteiger partial charge in [-0.05, 0) is 36.4 Å². The van der Waals surface area contributed by atoms with Crippen LogP contribution in [0.15, 0.2) is 54.6 Å². The molecule has 0 aliphatic heterocycles. The molecular weight excluding hydrogens is 262 g/mol. The van der Waals surface area contributed by atoms with Gasteiger partial charge in [-0.15, -0.1) is 0 Å². The third kappa shape index (κ3) is 4.80. The molecule has 0 amide bonds. The second-order valence-corrected chi connectivity index (χ2v) is 4.84. The summed E-state index contributed by atoms with van der Waals surface area (Å²) in [4.78, 5) is 0. The second-order valence-electron chi connectivity index (χ2n) is 4.84. The van der Waals surface area contributed by atoms with Gasteiger partial charge >= 0.3 is 0 Å². The van der Waals surface area contributed by atoms with Crippen LogP contribution in [0.2, 0.25) is 0 Å². The number of benzene rings is 2. The van der Waals surface area contributed by atoms with Crippen LogP contribution in [0.4, 0.5) is 0 Å².